The fourth-order valence-electron chi connectivity index (χ4n) is 2.05. The van der Waals surface area contributed by atoms with Gasteiger partial charge in [0.25, 0.3) is 0 Å². The molecular weight excluding hydrogens is 248 g/mol. The van der Waals surface area contributed by atoms with Crippen molar-refractivity contribution in [1.82, 2.24) is 14.9 Å². The second kappa shape index (κ2) is 5.93. The number of halogens is 2. The number of nitrogens with one attached hydrogen (secondary N) is 1. The summed E-state index contributed by atoms with van der Waals surface area (Å²) in [6.45, 7) is 2.74. The zero-order valence-electron chi connectivity index (χ0n) is 11.0. The Kier molecular flexibility index (Phi) is 4.27. The zero-order valence-corrected chi connectivity index (χ0v) is 11.0. The summed E-state index contributed by atoms with van der Waals surface area (Å²) < 4.78 is 28.4. The van der Waals surface area contributed by atoms with Gasteiger partial charge in [-0.25, -0.2) is 13.8 Å². The summed E-state index contributed by atoms with van der Waals surface area (Å²) in [7, 11) is 1.89. The molecule has 1 aromatic carbocycles. The molecule has 0 aliphatic rings. The van der Waals surface area contributed by atoms with Crippen LogP contribution in [0, 0.1) is 11.6 Å². The first-order valence-electron chi connectivity index (χ1n) is 6.25. The Morgan fingerprint density at radius 2 is 2.16 bits per heavy atom. The first-order valence-corrected chi connectivity index (χ1v) is 6.25. The van der Waals surface area contributed by atoms with Crippen LogP contribution in [0.5, 0.6) is 0 Å². The lowest BCUT2D eigenvalue weighted by Crippen LogP contribution is -2.23. The van der Waals surface area contributed by atoms with Crippen LogP contribution >= 0.6 is 0 Å². The van der Waals surface area contributed by atoms with E-state index in [0.717, 1.165) is 18.3 Å². The van der Waals surface area contributed by atoms with Gasteiger partial charge >= 0.3 is 0 Å². The Bertz CT molecular complexity index is 551. The van der Waals surface area contributed by atoms with Gasteiger partial charge in [0.15, 0.2) is 0 Å². The van der Waals surface area contributed by atoms with Crippen LogP contribution in [0.4, 0.5) is 8.78 Å². The number of aryl methyl sites for hydroxylation is 1. The third-order valence-corrected chi connectivity index (χ3v) is 2.97. The molecule has 1 atom stereocenters. The lowest BCUT2D eigenvalue weighted by molar-refractivity contribution is 0.513. The smallest absolute Gasteiger partial charge is 0.129 e. The molecule has 102 valence electrons. The summed E-state index contributed by atoms with van der Waals surface area (Å²) in [5.74, 6) is -1.07. The Labute approximate surface area is 111 Å². The van der Waals surface area contributed by atoms with Crippen LogP contribution in [-0.2, 0) is 13.5 Å². The van der Waals surface area contributed by atoms with Gasteiger partial charge in [0, 0.05) is 19.3 Å². The molecule has 0 fully saturated rings. The Hall–Kier alpha value is -1.75. The van der Waals surface area contributed by atoms with Crippen LogP contribution in [0.15, 0.2) is 30.7 Å². The lowest BCUT2D eigenvalue weighted by Gasteiger charge is -2.16. The molecule has 0 amide bonds. The quantitative estimate of drug-likeness (QED) is 0.900. The molecule has 3 nitrogen and oxygen atoms in total. The molecular formula is C14H17F2N3. The number of aromatic nitrogens is 2. The Morgan fingerprint density at radius 1 is 1.37 bits per heavy atom. The molecule has 0 aliphatic heterocycles. The average Bonchev–Trinajstić information content (AvgIpc) is 2.78. The number of rotatable bonds is 5. The van der Waals surface area contributed by atoms with Gasteiger partial charge in [-0.05, 0) is 24.6 Å². The topological polar surface area (TPSA) is 29.9 Å². The van der Waals surface area contributed by atoms with E-state index >= 15 is 0 Å². The van der Waals surface area contributed by atoms with Crippen LogP contribution in [0.2, 0.25) is 0 Å². The lowest BCUT2D eigenvalue weighted by atomic mass is 10.0. The number of likely N-dealkylation sites (N-methyl/N-ethyl adjacent to an activating group) is 1. The van der Waals surface area contributed by atoms with Crippen molar-refractivity contribution < 1.29 is 8.78 Å². The highest BCUT2D eigenvalue weighted by molar-refractivity contribution is 5.21. The molecule has 5 heteroatoms. The van der Waals surface area contributed by atoms with E-state index in [1.165, 1.54) is 12.1 Å². The van der Waals surface area contributed by atoms with Crippen molar-refractivity contribution in [3.05, 3.63) is 53.6 Å². The largest absolute Gasteiger partial charge is 0.340 e. The predicted molar refractivity (Wildman–Crippen MR) is 69.7 cm³/mol. The zero-order chi connectivity index (χ0) is 13.8. The van der Waals surface area contributed by atoms with Gasteiger partial charge in [0.1, 0.15) is 11.6 Å². The van der Waals surface area contributed by atoms with Crippen molar-refractivity contribution in [2.75, 3.05) is 6.54 Å². The van der Waals surface area contributed by atoms with Gasteiger partial charge in [-0.2, -0.15) is 0 Å². The Morgan fingerprint density at radius 3 is 2.74 bits per heavy atom. The SMILES string of the molecule is CCNC(Cc1ccc(F)cc1F)c1cn(C)cn1. The Balaban J connectivity index is 2.21. The first kappa shape index (κ1) is 13.7. The molecule has 1 aromatic heterocycles. The highest BCUT2D eigenvalue weighted by atomic mass is 19.1. The molecule has 1 unspecified atom stereocenters. The van der Waals surface area contributed by atoms with Crippen molar-refractivity contribution in [3.63, 3.8) is 0 Å². The highest BCUT2D eigenvalue weighted by Crippen LogP contribution is 2.19. The van der Waals surface area contributed by atoms with E-state index in [4.69, 9.17) is 0 Å². The van der Waals surface area contributed by atoms with Crippen molar-refractivity contribution in [1.29, 1.82) is 0 Å². The summed E-state index contributed by atoms with van der Waals surface area (Å²) >= 11 is 0. The molecule has 2 aromatic rings. The van der Waals surface area contributed by atoms with E-state index in [1.54, 1.807) is 6.33 Å². The second-order valence-electron chi connectivity index (χ2n) is 4.51. The van der Waals surface area contributed by atoms with Gasteiger partial charge in [0.05, 0.1) is 18.1 Å². The maximum Gasteiger partial charge on any atom is 0.129 e. The first-order chi connectivity index (χ1) is 9.10. The molecule has 0 saturated carbocycles. The third-order valence-electron chi connectivity index (χ3n) is 2.97. The number of hydrogen-bond donors (Lipinski definition) is 1. The molecule has 2 rings (SSSR count). The molecule has 0 saturated heterocycles. The van der Waals surface area contributed by atoms with Crippen LogP contribution in [0.25, 0.3) is 0 Å². The summed E-state index contributed by atoms with van der Waals surface area (Å²) in [6.07, 6.45) is 4.05. The highest BCUT2D eigenvalue weighted by Gasteiger charge is 2.16. The number of nitrogens with zero attached hydrogens (tertiary/aromatic N) is 2. The number of hydrogen-bond acceptors (Lipinski definition) is 2. The van der Waals surface area contributed by atoms with Crippen LogP contribution in [-0.4, -0.2) is 16.1 Å². The minimum absolute atomic E-state index is 0.0776. The van der Waals surface area contributed by atoms with E-state index in [0.29, 0.717) is 12.0 Å². The van der Waals surface area contributed by atoms with E-state index < -0.39 is 11.6 Å². The molecule has 19 heavy (non-hydrogen) atoms. The predicted octanol–water partition coefficient (Wildman–Crippen LogP) is 2.59. The summed E-state index contributed by atoms with van der Waals surface area (Å²) in [5, 5.41) is 3.27. The molecule has 0 spiro atoms. The molecule has 0 aliphatic carbocycles. The van der Waals surface area contributed by atoms with Crippen molar-refractivity contribution >= 4 is 0 Å². The van der Waals surface area contributed by atoms with Crippen LogP contribution in [0.1, 0.15) is 24.2 Å². The van der Waals surface area contributed by atoms with Crippen molar-refractivity contribution in [2.24, 2.45) is 7.05 Å². The summed E-state index contributed by atoms with van der Waals surface area (Å²) in [4.78, 5) is 4.28. The van der Waals surface area contributed by atoms with Crippen LogP contribution in [0.3, 0.4) is 0 Å². The van der Waals surface area contributed by atoms with Gasteiger partial charge in [0.2, 0.25) is 0 Å². The fourth-order valence-corrected chi connectivity index (χ4v) is 2.05. The average molecular weight is 265 g/mol. The summed E-state index contributed by atoms with van der Waals surface area (Å²) in [6, 6.07) is 3.60. The maximum absolute atomic E-state index is 13.7. The van der Waals surface area contributed by atoms with Gasteiger partial charge in [-0.3, -0.25) is 0 Å². The van der Waals surface area contributed by atoms with Crippen molar-refractivity contribution in [2.45, 2.75) is 19.4 Å². The molecule has 1 N–H and O–H groups in total. The third kappa shape index (κ3) is 3.38. The van der Waals surface area contributed by atoms with E-state index in [-0.39, 0.29) is 6.04 Å². The molecule has 0 radical (unpaired) electrons. The molecule has 0 bridgehead atoms. The van der Waals surface area contributed by atoms with Crippen LogP contribution < -0.4 is 5.32 Å². The van der Waals surface area contributed by atoms with Gasteiger partial charge < -0.3 is 9.88 Å². The van der Waals surface area contributed by atoms with Gasteiger partial charge in [-0.1, -0.05) is 13.0 Å². The fraction of sp³-hybridized carbons (Fsp3) is 0.357. The van der Waals surface area contributed by atoms with Crippen molar-refractivity contribution in [3.8, 4) is 0 Å². The minimum Gasteiger partial charge on any atom is -0.340 e. The number of imidazole rings is 1. The van der Waals surface area contributed by atoms with E-state index in [2.05, 4.69) is 10.3 Å². The number of benzene rings is 1. The summed E-state index contributed by atoms with van der Waals surface area (Å²) in [5.41, 5.74) is 1.34. The molecule has 1 heterocycles. The van der Waals surface area contributed by atoms with E-state index in [9.17, 15) is 8.78 Å². The van der Waals surface area contributed by atoms with E-state index in [1.807, 2.05) is 24.7 Å². The minimum atomic E-state index is -0.556. The maximum atomic E-state index is 13.7. The standard InChI is InChI=1S/C14H17F2N3/c1-3-17-13(14-8-19(2)9-18-14)6-10-4-5-11(15)7-12(10)16/h4-5,7-9,13,17H,3,6H2,1-2H3. The second-order valence-corrected chi connectivity index (χ2v) is 4.51. The van der Waals surface area contributed by atoms with Gasteiger partial charge in [-0.15, -0.1) is 0 Å². The normalized spacial score (nSPS) is 12.6. The monoisotopic (exact) mass is 265 g/mol.